The number of nitrogens with zero attached hydrogens (tertiary/aromatic N) is 6. The number of carbonyl (C=O) groups is 1. The van der Waals surface area contributed by atoms with Crippen LogP contribution in [-0.4, -0.2) is 46.6 Å². The van der Waals surface area contributed by atoms with Gasteiger partial charge in [-0.1, -0.05) is 6.07 Å². The van der Waals surface area contributed by atoms with Gasteiger partial charge in [0.25, 0.3) is 0 Å². The second-order valence-corrected chi connectivity index (χ2v) is 9.24. The Morgan fingerprint density at radius 3 is 2.68 bits per heavy atom. The fourth-order valence-corrected chi connectivity index (χ4v) is 5.13. The lowest BCUT2D eigenvalue weighted by molar-refractivity contribution is -0.145. The van der Waals surface area contributed by atoms with Gasteiger partial charge in [0, 0.05) is 52.0 Å². The van der Waals surface area contributed by atoms with Gasteiger partial charge in [0.2, 0.25) is 0 Å². The van der Waals surface area contributed by atoms with Crippen LogP contribution >= 0.6 is 15.9 Å². The molecule has 0 aromatic carbocycles. The zero-order valence-electron chi connectivity index (χ0n) is 20.9. The molecule has 1 unspecified atom stereocenters. The molecule has 0 aliphatic heterocycles. The molecule has 4 heterocycles. The van der Waals surface area contributed by atoms with Gasteiger partial charge in [-0.3, -0.25) is 9.67 Å². The zero-order valence-corrected chi connectivity index (χ0v) is 19.5. The average molecular weight is 531 g/mol. The highest BCUT2D eigenvalue weighted by Crippen LogP contribution is 2.41. The number of pyridine rings is 1. The van der Waals surface area contributed by atoms with Crippen LogP contribution in [0.15, 0.2) is 41.4 Å². The first-order valence-electron chi connectivity index (χ1n) is 12.3. The molecule has 0 amide bonds. The van der Waals surface area contributed by atoms with Crippen molar-refractivity contribution in [3.05, 3.63) is 47.1 Å². The fourth-order valence-electron chi connectivity index (χ4n) is 4.55. The molecular weight excluding hydrogens is 505 g/mol. The summed E-state index contributed by atoms with van der Waals surface area (Å²) in [5, 5.41) is 17.3. The number of hydrogen-bond donors (Lipinski definition) is 2. The smallest absolute Gasteiger partial charge is 0.338 e. The molecule has 9 nitrogen and oxygen atoms in total. The highest BCUT2D eigenvalue weighted by molar-refractivity contribution is 9.10. The van der Waals surface area contributed by atoms with E-state index in [1.54, 1.807) is 18.5 Å². The highest BCUT2D eigenvalue weighted by Gasteiger charge is 2.34. The average Bonchev–Trinajstić information content (AvgIpc) is 3.54. The van der Waals surface area contributed by atoms with Crippen LogP contribution in [0.3, 0.4) is 0 Å². The summed E-state index contributed by atoms with van der Waals surface area (Å²) >= 11 is 3.54. The molecule has 11 heteroatoms. The van der Waals surface area contributed by atoms with Gasteiger partial charge in [-0.2, -0.15) is 14.7 Å². The summed E-state index contributed by atoms with van der Waals surface area (Å²) in [6, 6.07) is 3.60. The Kier molecular flexibility index (Phi) is 4.91. The fraction of sp³-hybridized carbons (Fsp3) is 0.348. The lowest BCUT2D eigenvalue weighted by atomic mass is 9.78. The molecule has 1 aliphatic rings. The van der Waals surface area contributed by atoms with Crippen molar-refractivity contribution in [3.63, 3.8) is 0 Å². The van der Waals surface area contributed by atoms with Gasteiger partial charge in [0.15, 0.2) is 11.8 Å². The Morgan fingerprint density at radius 2 is 2.03 bits per heavy atom. The van der Waals surface area contributed by atoms with Crippen molar-refractivity contribution < 1.29 is 18.4 Å². The monoisotopic (exact) mass is 530 g/mol. The topological polar surface area (TPSA) is 124 Å². The second-order valence-electron chi connectivity index (χ2n) is 8.45. The molecule has 176 valence electrons. The zero-order chi connectivity index (χ0) is 26.5. The number of carboxylic acids is 1. The Morgan fingerprint density at radius 1 is 1.24 bits per heavy atom. The number of aliphatic carboxylic acids is 1. The first-order valence-corrected chi connectivity index (χ1v) is 11.6. The maximum Gasteiger partial charge on any atom is 0.338 e. The van der Waals surface area contributed by atoms with E-state index in [0.717, 1.165) is 15.9 Å². The number of carboxylic acid groups (broad SMARTS) is 1. The Labute approximate surface area is 207 Å². The highest BCUT2D eigenvalue weighted by atomic mass is 79.9. The van der Waals surface area contributed by atoms with Crippen molar-refractivity contribution in [2.45, 2.75) is 37.8 Å². The summed E-state index contributed by atoms with van der Waals surface area (Å²) in [5.74, 6) is -1.54. The number of halogens is 2. The normalized spacial score (nSPS) is 21.1. The predicted molar refractivity (Wildman–Crippen MR) is 128 cm³/mol. The quantitative estimate of drug-likeness (QED) is 0.395. The summed E-state index contributed by atoms with van der Waals surface area (Å²) in [7, 11) is 0. The van der Waals surface area contributed by atoms with Gasteiger partial charge in [-0.15, -0.1) is 0 Å². The first-order chi connectivity index (χ1) is 17.5. The molecule has 4 aromatic rings. The molecule has 3 N–H and O–H groups in total. The largest absolute Gasteiger partial charge is 0.479 e. The first kappa shape index (κ1) is 19.0. The van der Waals surface area contributed by atoms with Crippen molar-refractivity contribution in [3.8, 4) is 22.4 Å². The number of aryl methyl sites for hydroxylation is 1. The summed E-state index contributed by atoms with van der Waals surface area (Å²) < 4.78 is 39.5. The number of hydrogen-bond acceptors (Lipinski definition) is 6. The molecular formula is C23H23BrFN7O2. The number of fused-ring (bicyclic) bond motifs is 1. The minimum atomic E-state index is -2.37. The lowest BCUT2D eigenvalue weighted by Crippen LogP contribution is -2.28. The molecule has 4 aromatic heterocycles. The number of alkyl halides is 1. The minimum absolute atomic E-state index is 0.00284. The summed E-state index contributed by atoms with van der Waals surface area (Å²) in [5.41, 5.74) is 10.2. The molecule has 0 radical (unpaired) electrons. The third-order valence-corrected chi connectivity index (χ3v) is 7.22. The van der Waals surface area contributed by atoms with Crippen LogP contribution in [0.5, 0.6) is 0 Å². The standard InChI is InChI=1S/C23H23BrFN7O2/c1-31-11-15(9-28-31)17-7-6-14(8-27-17)16-10-29-32-21(26)18(24)20(30-22(16)32)13-4-2-12(3-5-13)19(25)23(33)34/h6-13,19H,2-5,26H2,1H3,(H,33,34)/t12-,13+,19?/i1D3. The lowest BCUT2D eigenvalue weighted by Gasteiger charge is -2.29. The summed E-state index contributed by atoms with van der Waals surface area (Å²) in [6.07, 6.45) is 6.42. The van der Waals surface area contributed by atoms with Crippen LogP contribution in [0.4, 0.5) is 10.2 Å². The van der Waals surface area contributed by atoms with Gasteiger partial charge in [-0.05, 0) is 47.7 Å². The van der Waals surface area contributed by atoms with Crippen molar-refractivity contribution >= 4 is 33.4 Å². The van der Waals surface area contributed by atoms with Gasteiger partial charge >= 0.3 is 5.97 Å². The van der Waals surface area contributed by atoms with Crippen LogP contribution in [0, 0.1) is 5.92 Å². The summed E-state index contributed by atoms with van der Waals surface area (Å²) in [6.45, 7) is -2.37. The Bertz CT molecular complexity index is 1460. The molecule has 0 spiro atoms. The molecule has 34 heavy (non-hydrogen) atoms. The molecule has 0 bridgehead atoms. The van der Waals surface area contributed by atoms with E-state index in [4.69, 9.17) is 19.9 Å². The van der Waals surface area contributed by atoms with E-state index in [1.807, 2.05) is 6.07 Å². The van der Waals surface area contributed by atoms with Crippen molar-refractivity contribution in [1.29, 1.82) is 0 Å². The summed E-state index contributed by atoms with van der Waals surface area (Å²) in [4.78, 5) is 20.4. The van der Waals surface area contributed by atoms with Crippen LogP contribution in [0.1, 0.15) is 41.4 Å². The number of anilines is 1. The van der Waals surface area contributed by atoms with E-state index in [-0.39, 0.29) is 5.92 Å². The maximum absolute atomic E-state index is 14.0. The van der Waals surface area contributed by atoms with Gasteiger partial charge in [-0.25, -0.2) is 14.2 Å². The molecule has 1 saturated carbocycles. The van der Waals surface area contributed by atoms with E-state index in [9.17, 15) is 9.18 Å². The van der Waals surface area contributed by atoms with Crippen molar-refractivity contribution in [1.82, 2.24) is 29.4 Å². The van der Waals surface area contributed by atoms with Crippen LogP contribution < -0.4 is 5.73 Å². The van der Waals surface area contributed by atoms with Crippen molar-refractivity contribution in [2.75, 3.05) is 5.73 Å². The van der Waals surface area contributed by atoms with E-state index in [0.29, 0.717) is 58.4 Å². The van der Waals surface area contributed by atoms with Gasteiger partial charge < -0.3 is 10.8 Å². The van der Waals surface area contributed by atoms with Crippen LogP contribution in [0.2, 0.25) is 0 Å². The molecule has 0 saturated heterocycles. The van der Waals surface area contributed by atoms with Crippen LogP contribution in [-0.2, 0) is 11.8 Å². The van der Waals surface area contributed by atoms with Gasteiger partial charge in [0.1, 0.15) is 5.82 Å². The van der Waals surface area contributed by atoms with E-state index in [2.05, 4.69) is 31.1 Å². The van der Waals surface area contributed by atoms with Crippen molar-refractivity contribution in [2.24, 2.45) is 12.9 Å². The number of aromatic nitrogens is 6. The van der Waals surface area contributed by atoms with E-state index in [1.165, 1.54) is 16.9 Å². The molecule has 1 fully saturated rings. The van der Waals surface area contributed by atoms with Gasteiger partial charge in [0.05, 0.1) is 28.3 Å². The van der Waals surface area contributed by atoms with E-state index < -0.39 is 25.0 Å². The van der Waals surface area contributed by atoms with E-state index >= 15 is 0 Å². The molecule has 5 rings (SSSR count). The minimum Gasteiger partial charge on any atom is -0.479 e. The Hall–Kier alpha value is -3.34. The maximum atomic E-state index is 14.0. The second kappa shape index (κ2) is 8.79. The number of rotatable bonds is 5. The molecule has 1 aliphatic carbocycles. The van der Waals surface area contributed by atoms with Crippen LogP contribution in [0.25, 0.3) is 28.0 Å². The third kappa shape index (κ3) is 3.93. The number of nitrogen functional groups attached to an aromatic ring is 1. The Balaban J connectivity index is 1.44. The predicted octanol–water partition coefficient (Wildman–Crippen LogP) is 4.23. The number of nitrogens with two attached hydrogens (primary N) is 1. The molecule has 1 atom stereocenters. The SMILES string of the molecule is [2H]C([2H])([2H])n1cc(-c2ccc(-c3cnn4c(N)c(Br)c([C@H]5CC[C@@H](C(F)C(=O)O)CC5)nc34)cn2)cn1. The third-order valence-electron chi connectivity index (χ3n) is 6.41.